The molecule has 0 spiro atoms. The fraction of sp³-hybridized carbons (Fsp3) is 0.0909. The first kappa shape index (κ1) is 18.4. The van der Waals surface area contributed by atoms with Gasteiger partial charge in [0.2, 0.25) is 5.56 Å². The lowest BCUT2D eigenvalue weighted by Gasteiger charge is -2.06. The summed E-state index contributed by atoms with van der Waals surface area (Å²) in [5.74, 6) is 1.58. The number of hydrogen-bond donors (Lipinski definition) is 1. The summed E-state index contributed by atoms with van der Waals surface area (Å²) in [6, 6.07) is 18.9. The SMILES string of the molecule is O=c1cc(CSc2nnc(COc3cccc4cccnc34)o2)c2ccccc2[nH]1. The van der Waals surface area contributed by atoms with Crippen molar-refractivity contribution in [3.8, 4) is 5.75 Å². The van der Waals surface area contributed by atoms with Crippen LogP contribution < -0.4 is 10.3 Å². The second-order valence-electron chi connectivity index (χ2n) is 6.57. The zero-order chi connectivity index (χ0) is 20.3. The topological polar surface area (TPSA) is 93.9 Å². The van der Waals surface area contributed by atoms with E-state index in [-0.39, 0.29) is 12.2 Å². The molecule has 0 aliphatic carbocycles. The first-order chi connectivity index (χ1) is 14.8. The van der Waals surface area contributed by atoms with Crippen molar-refractivity contribution in [2.75, 3.05) is 0 Å². The highest BCUT2D eigenvalue weighted by Crippen LogP contribution is 2.26. The highest BCUT2D eigenvalue weighted by atomic mass is 32.2. The molecule has 0 radical (unpaired) electrons. The van der Waals surface area contributed by atoms with Gasteiger partial charge >= 0.3 is 0 Å². The Morgan fingerprint density at radius 1 is 1.03 bits per heavy atom. The number of hydrogen-bond acceptors (Lipinski definition) is 7. The third kappa shape index (κ3) is 3.77. The molecule has 3 aromatic heterocycles. The minimum atomic E-state index is -0.132. The first-order valence-corrected chi connectivity index (χ1v) is 10.3. The number of nitrogens with one attached hydrogen (secondary N) is 1. The molecule has 0 unspecified atom stereocenters. The molecule has 30 heavy (non-hydrogen) atoms. The summed E-state index contributed by atoms with van der Waals surface area (Å²) in [5.41, 5.74) is 2.38. The van der Waals surface area contributed by atoms with Crippen LogP contribution in [0.2, 0.25) is 0 Å². The Kier molecular flexibility index (Phi) is 4.90. The molecular weight excluding hydrogens is 400 g/mol. The highest BCUT2D eigenvalue weighted by Gasteiger charge is 2.11. The Morgan fingerprint density at radius 3 is 2.90 bits per heavy atom. The van der Waals surface area contributed by atoms with Crippen molar-refractivity contribution < 1.29 is 9.15 Å². The van der Waals surface area contributed by atoms with Gasteiger partial charge in [0.1, 0.15) is 11.3 Å². The minimum Gasteiger partial charge on any atom is -0.482 e. The molecule has 0 saturated carbocycles. The van der Waals surface area contributed by atoms with Gasteiger partial charge in [-0.05, 0) is 23.8 Å². The Balaban J connectivity index is 1.28. The van der Waals surface area contributed by atoms with Gasteiger partial charge in [0.25, 0.3) is 11.1 Å². The van der Waals surface area contributed by atoms with E-state index in [1.54, 1.807) is 12.3 Å². The molecule has 5 rings (SSSR count). The zero-order valence-corrected chi connectivity index (χ0v) is 16.6. The Morgan fingerprint density at radius 2 is 1.93 bits per heavy atom. The van der Waals surface area contributed by atoms with E-state index in [9.17, 15) is 4.79 Å². The van der Waals surface area contributed by atoms with Crippen molar-refractivity contribution in [1.82, 2.24) is 20.2 Å². The molecule has 8 heteroatoms. The number of fused-ring (bicyclic) bond motifs is 2. The summed E-state index contributed by atoms with van der Waals surface area (Å²) in [4.78, 5) is 19.1. The van der Waals surface area contributed by atoms with E-state index in [0.29, 0.717) is 22.6 Å². The molecule has 0 atom stereocenters. The van der Waals surface area contributed by atoms with E-state index < -0.39 is 0 Å². The van der Waals surface area contributed by atoms with Crippen LogP contribution in [0.5, 0.6) is 5.75 Å². The van der Waals surface area contributed by atoms with Gasteiger partial charge in [0.15, 0.2) is 6.61 Å². The molecule has 0 saturated heterocycles. The number of benzene rings is 2. The average Bonchev–Trinajstić information content (AvgIpc) is 3.23. The summed E-state index contributed by atoms with van der Waals surface area (Å²) >= 11 is 1.38. The van der Waals surface area contributed by atoms with Crippen LogP contribution in [0.3, 0.4) is 0 Å². The molecule has 0 amide bonds. The van der Waals surface area contributed by atoms with Crippen LogP contribution in [0, 0.1) is 0 Å². The maximum absolute atomic E-state index is 11.9. The van der Waals surface area contributed by atoms with Crippen molar-refractivity contribution in [1.29, 1.82) is 0 Å². The lowest BCUT2D eigenvalue weighted by Crippen LogP contribution is -2.05. The normalized spacial score (nSPS) is 11.2. The van der Waals surface area contributed by atoms with Crippen LogP contribution in [-0.2, 0) is 12.4 Å². The standard InChI is InChI=1S/C22H16N4O3S/c27-19-11-15(16-7-1-2-8-17(16)24-19)13-30-22-26-25-20(29-22)12-28-18-9-3-5-14-6-4-10-23-21(14)18/h1-11H,12-13H2,(H,24,27). The fourth-order valence-electron chi connectivity index (χ4n) is 3.22. The minimum absolute atomic E-state index is 0.132. The summed E-state index contributed by atoms with van der Waals surface area (Å²) in [6.07, 6.45) is 1.73. The van der Waals surface area contributed by atoms with Crippen LogP contribution in [0.1, 0.15) is 11.5 Å². The monoisotopic (exact) mass is 416 g/mol. The largest absolute Gasteiger partial charge is 0.482 e. The summed E-state index contributed by atoms with van der Waals surface area (Å²) in [6.45, 7) is 0.150. The second-order valence-corrected chi connectivity index (χ2v) is 7.50. The molecule has 1 N–H and O–H groups in total. The molecule has 0 bridgehead atoms. The molecule has 0 aliphatic rings. The van der Waals surface area contributed by atoms with Crippen molar-refractivity contribution in [2.45, 2.75) is 17.6 Å². The Bertz CT molecular complexity index is 1390. The summed E-state index contributed by atoms with van der Waals surface area (Å²) in [5, 5.41) is 10.5. The zero-order valence-electron chi connectivity index (χ0n) is 15.7. The van der Waals surface area contributed by atoms with Gasteiger partial charge < -0.3 is 14.1 Å². The van der Waals surface area contributed by atoms with Gasteiger partial charge in [-0.2, -0.15) is 0 Å². The first-order valence-electron chi connectivity index (χ1n) is 9.29. The van der Waals surface area contributed by atoms with Crippen LogP contribution >= 0.6 is 11.8 Å². The number of rotatable bonds is 6. The van der Waals surface area contributed by atoms with Gasteiger partial charge in [-0.25, -0.2) is 0 Å². The highest BCUT2D eigenvalue weighted by molar-refractivity contribution is 7.98. The second kappa shape index (κ2) is 8.00. The lowest BCUT2D eigenvalue weighted by atomic mass is 10.1. The molecule has 148 valence electrons. The number of thioether (sulfide) groups is 1. The van der Waals surface area contributed by atoms with Crippen molar-refractivity contribution in [3.05, 3.63) is 88.7 Å². The number of ether oxygens (including phenoxy) is 1. The maximum atomic E-state index is 11.9. The van der Waals surface area contributed by atoms with E-state index in [0.717, 1.165) is 27.4 Å². The Hall–Kier alpha value is -3.65. The summed E-state index contributed by atoms with van der Waals surface area (Å²) in [7, 11) is 0. The quantitative estimate of drug-likeness (QED) is 0.412. The molecule has 7 nitrogen and oxygen atoms in total. The van der Waals surface area contributed by atoms with Crippen LogP contribution in [0.25, 0.3) is 21.8 Å². The van der Waals surface area contributed by atoms with Gasteiger partial charge in [-0.15, -0.1) is 10.2 Å². The van der Waals surface area contributed by atoms with E-state index in [2.05, 4.69) is 20.2 Å². The van der Waals surface area contributed by atoms with E-state index in [1.165, 1.54) is 11.8 Å². The molecule has 2 aromatic carbocycles. The van der Waals surface area contributed by atoms with Crippen molar-refractivity contribution >= 4 is 33.6 Å². The van der Waals surface area contributed by atoms with Gasteiger partial charge in [-0.1, -0.05) is 48.2 Å². The number of nitrogens with zero attached hydrogens (tertiary/aromatic N) is 3. The predicted molar refractivity (Wildman–Crippen MR) is 115 cm³/mol. The average molecular weight is 416 g/mol. The number of H-pyrrole nitrogens is 1. The lowest BCUT2D eigenvalue weighted by molar-refractivity contribution is 0.254. The molecule has 5 aromatic rings. The smallest absolute Gasteiger partial charge is 0.277 e. The van der Waals surface area contributed by atoms with E-state index >= 15 is 0 Å². The van der Waals surface area contributed by atoms with E-state index in [1.807, 2.05) is 54.6 Å². The number of aromatic amines is 1. The third-order valence-corrected chi connectivity index (χ3v) is 5.45. The fourth-order valence-corrected chi connectivity index (χ4v) is 3.99. The van der Waals surface area contributed by atoms with Crippen LogP contribution in [0.4, 0.5) is 0 Å². The Labute approximate surface area is 175 Å². The van der Waals surface area contributed by atoms with Gasteiger partial charge in [0.05, 0.1) is 0 Å². The number of pyridine rings is 2. The summed E-state index contributed by atoms with van der Waals surface area (Å²) < 4.78 is 11.5. The molecule has 0 fully saturated rings. The molecular formula is C22H16N4O3S. The van der Waals surface area contributed by atoms with Gasteiger partial charge in [0, 0.05) is 34.3 Å². The van der Waals surface area contributed by atoms with E-state index in [4.69, 9.17) is 9.15 Å². The van der Waals surface area contributed by atoms with Crippen molar-refractivity contribution in [2.24, 2.45) is 0 Å². The third-order valence-electron chi connectivity index (χ3n) is 4.58. The maximum Gasteiger partial charge on any atom is 0.277 e. The van der Waals surface area contributed by atoms with Gasteiger partial charge in [-0.3, -0.25) is 9.78 Å². The molecule has 3 heterocycles. The van der Waals surface area contributed by atoms with Crippen LogP contribution in [-0.4, -0.2) is 20.2 Å². The van der Waals surface area contributed by atoms with Crippen LogP contribution in [0.15, 0.2) is 81.3 Å². The predicted octanol–water partition coefficient (Wildman–Crippen LogP) is 4.33. The molecule has 0 aliphatic heterocycles. The van der Waals surface area contributed by atoms with Crippen molar-refractivity contribution in [3.63, 3.8) is 0 Å². The number of aromatic nitrogens is 4. The number of para-hydroxylation sites is 2.